The van der Waals surface area contributed by atoms with Crippen LogP contribution in [0.25, 0.3) is 0 Å². The Hall–Kier alpha value is -0.750. The molecule has 2 atom stereocenters. The van der Waals surface area contributed by atoms with Crippen molar-refractivity contribution in [1.82, 2.24) is 0 Å². The number of carboxylic acid groups (broad SMARTS) is 2. The van der Waals surface area contributed by atoms with Gasteiger partial charge >= 0.3 is 0 Å². The summed E-state index contributed by atoms with van der Waals surface area (Å²) >= 11 is 0.682. The molecule has 0 fully saturated rings. The van der Waals surface area contributed by atoms with Crippen molar-refractivity contribution in [1.29, 1.82) is 0 Å². The Morgan fingerprint density at radius 1 is 1.36 bits per heavy atom. The number of thioether (sulfide) groups is 1. The van der Waals surface area contributed by atoms with Crippen LogP contribution in [0.3, 0.4) is 0 Å². The minimum atomic E-state index is -2.02. The maximum Gasteiger partial charge on any atom is 0.110 e. The van der Waals surface area contributed by atoms with E-state index in [0.29, 0.717) is 11.8 Å². The fourth-order valence-electron chi connectivity index (χ4n) is 0.478. The molecule has 0 aliphatic heterocycles. The molecule has 0 aliphatic rings. The lowest BCUT2D eigenvalue weighted by Crippen LogP contribution is -2.49. The summed E-state index contributed by atoms with van der Waals surface area (Å²) in [6, 6.07) is 0. The van der Waals surface area contributed by atoms with E-state index in [4.69, 9.17) is 5.11 Å². The van der Waals surface area contributed by atoms with Crippen LogP contribution in [0.4, 0.5) is 0 Å². The molecule has 0 radical (unpaired) electrons. The summed E-state index contributed by atoms with van der Waals surface area (Å²) in [6.45, 7) is 0. The molecule has 1 N–H and O–H groups in total. The molecule has 0 aromatic heterocycles. The SMILES string of the molecule is CS[C@H](C(=O)[O-])[C@@H](O)C(=O)[O-]. The van der Waals surface area contributed by atoms with Gasteiger partial charge in [0.05, 0.1) is 17.2 Å². The molecule has 64 valence electrons. The van der Waals surface area contributed by atoms with Crippen molar-refractivity contribution in [3.05, 3.63) is 0 Å². The molecular weight excluding hydrogens is 172 g/mol. The summed E-state index contributed by atoms with van der Waals surface area (Å²) in [5.74, 6) is -3.43. The summed E-state index contributed by atoms with van der Waals surface area (Å²) in [7, 11) is 0. The topological polar surface area (TPSA) is 100 Å². The second-order valence-electron chi connectivity index (χ2n) is 1.74. The smallest absolute Gasteiger partial charge is 0.110 e. The predicted molar refractivity (Wildman–Crippen MR) is 33.3 cm³/mol. The van der Waals surface area contributed by atoms with E-state index >= 15 is 0 Å². The number of hydrogen-bond donors (Lipinski definition) is 1. The first-order valence-electron chi connectivity index (χ1n) is 2.63. The Bertz CT molecular complexity index is 168. The van der Waals surface area contributed by atoms with Crippen molar-refractivity contribution in [2.45, 2.75) is 11.4 Å². The lowest BCUT2D eigenvalue weighted by atomic mass is 10.2. The van der Waals surface area contributed by atoms with E-state index in [9.17, 15) is 19.8 Å². The van der Waals surface area contributed by atoms with Crippen LogP contribution in [0, 0.1) is 0 Å². The second-order valence-corrected chi connectivity index (χ2v) is 2.72. The maximum atomic E-state index is 10.1. The highest BCUT2D eigenvalue weighted by atomic mass is 32.2. The third-order valence-corrected chi connectivity index (χ3v) is 1.97. The van der Waals surface area contributed by atoms with Crippen molar-refractivity contribution < 1.29 is 24.9 Å². The van der Waals surface area contributed by atoms with Gasteiger partial charge in [-0.2, -0.15) is 11.8 Å². The predicted octanol–water partition coefficient (Wildman–Crippen LogP) is -3.42. The summed E-state index contributed by atoms with van der Waals surface area (Å²) in [5, 5.41) is 27.2. The molecule has 0 aliphatic carbocycles. The molecule has 0 aromatic carbocycles. The third kappa shape index (κ3) is 2.77. The molecule has 5 nitrogen and oxygen atoms in total. The standard InChI is InChI=1S/C5H8O5S/c1-11-3(5(9)10)2(6)4(7)8/h2-3,6H,1H3,(H,7,8)(H,9,10)/p-2/t2-,3+/m1/s1. The summed E-state index contributed by atoms with van der Waals surface area (Å²) in [6.07, 6.45) is -0.665. The highest BCUT2D eigenvalue weighted by Gasteiger charge is 2.19. The average molecular weight is 178 g/mol. The molecule has 0 saturated heterocycles. The van der Waals surface area contributed by atoms with E-state index in [-0.39, 0.29) is 0 Å². The number of carbonyl (C=O) groups is 2. The maximum absolute atomic E-state index is 10.1. The fraction of sp³-hybridized carbons (Fsp3) is 0.600. The number of aliphatic hydroxyl groups is 1. The Morgan fingerprint density at radius 2 is 1.82 bits per heavy atom. The number of carboxylic acids is 2. The van der Waals surface area contributed by atoms with Crippen LogP contribution in [-0.2, 0) is 9.59 Å². The number of hydrogen-bond acceptors (Lipinski definition) is 6. The first-order chi connectivity index (χ1) is 5.00. The van der Waals surface area contributed by atoms with E-state index in [1.807, 2.05) is 0 Å². The Balaban J connectivity index is 4.25. The highest BCUT2D eigenvalue weighted by Crippen LogP contribution is 2.09. The summed E-state index contributed by atoms with van der Waals surface area (Å²) < 4.78 is 0. The molecule has 11 heavy (non-hydrogen) atoms. The van der Waals surface area contributed by atoms with Gasteiger partial charge in [-0.1, -0.05) is 0 Å². The molecule has 6 heteroatoms. The van der Waals surface area contributed by atoms with E-state index in [1.165, 1.54) is 6.26 Å². The minimum Gasteiger partial charge on any atom is -0.549 e. The van der Waals surface area contributed by atoms with Crippen LogP contribution < -0.4 is 10.2 Å². The van der Waals surface area contributed by atoms with Crippen molar-refractivity contribution in [3.63, 3.8) is 0 Å². The second kappa shape index (κ2) is 4.20. The van der Waals surface area contributed by atoms with Gasteiger partial charge in [-0.15, -0.1) is 0 Å². The van der Waals surface area contributed by atoms with Crippen molar-refractivity contribution in [3.8, 4) is 0 Å². The van der Waals surface area contributed by atoms with Crippen molar-refractivity contribution >= 4 is 23.7 Å². The van der Waals surface area contributed by atoms with E-state index in [2.05, 4.69) is 0 Å². The zero-order chi connectivity index (χ0) is 9.02. The van der Waals surface area contributed by atoms with Gasteiger partial charge in [-0.3, -0.25) is 0 Å². The number of carbonyl (C=O) groups excluding carboxylic acids is 2. The molecule has 0 spiro atoms. The van der Waals surface area contributed by atoms with Gasteiger partial charge < -0.3 is 24.9 Å². The lowest BCUT2D eigenvalue weighted by Gasteiger charge is -2.22. The quantitative estimate of drug-likeness (QED) is 0.481. The minimum absolute atomic E-state index is 0.682. The average Bonchev–Trinajstić information content (AvgIpc) is 1.88. The van der Waals surface area contributed by atoms with Crippen LogP contribution in [0.15, 0.2) is 0 Å². The number of aliphatic carboxylic acids is 2. The van der Waals surface area contributed by atoms with E-state index < -0.39 is 23.3 Å². The lowest BCUT2D eigenvalue weighted by molar-refractivity contribution is -0.322. The van der Waals surface area contributed by atoms with Gasteiger partial charge in [0.15, 0.2) is 0 Å². The zero-order valence-electron chi connectivity index (χ0n) is 5.64. The van der Waals surface area contributed by atoms with Crippen LogP contribution in [0.1, 0.15) is 0 Å². The molecule has 0 unspecified atom stereocenters. The van der Waals surface area contributed by atoms with Crippen LogP contribution in [-0.4, -0.2) is 34.7 Å². The fourth-order valence-corrected chi connectivity index (χ4v) is 1.04. The monoisotopic (exact) mass is 178 g/mol. The molecular formula is C5H6O5S-2. The van der Waals surface area contributed by atoms with Crippen LogP contribution >= 0.6 is 11.8 Å². The van der Waals surface area contributed by atoms with Gasteiger partial charge in [0.1, 0.15) is 6.10 Å². The van der Waals surface area contributed by atoms with Crippen LogP contribution in [0.2, 0.25) is 0 Å². The molecule has 0 bridgehead atoms. The number of aliphatic hydroxyl groups excluding tert-OH is 1. The van der Waals surface area contributed by atoms with Crippen molar-refractivity contribution in [2.75, 3.05) is 6.26 Å². The normalized spacial score (nSPS) is 15.5. The molecule has 0 rings (SSSR count). The van der Waals surface area contributed by atoms with E-state index in [0.717, 1.165) is 0 Å². The van der Waals surface area contributed by atoms with E-state index in [1.54, 1.807) is 0 Å². The van der Waals surface area contributed by atoms with Gasteiger partial charge in [0.25, 0.3) is 0 Å². The summed E-state index contributed by atoms with van der Waals surface area (Å²) in [4.78, 5) is 20.0. The summed E-state index contributed by atoms with van der Waals surface area (Å²) in [5.41, 5.74) is 0. The molecule has 0 saturated carbocycles. The molecule has 0 aromatic rings. The highest BCUT2D eigenvalue weighted by molar-refractivity contribution is 8.00. The van der Waals surface area contributed by atoms with Gasteiger partial charge in [0.2, 0.25) is 0 Å². The molecule has 0 amide bonds. The third-order valence-electron chi connectivity index (χ3n) is 1.01. The zero-order valence-corrected chi connectivity index (χ0v) is 6.46. The largest absolute Gasteiger partial charge is 0.549 e. The Labute approximate surface area is 67.0 Å². The van der Waals surface area contributed by atoms with Gasteiger partial charge in [-0.25, -0.2) is 0 Å². The van der Waals surface area contributed by atoms with Crippen LogP contribution in [0.5, 0.6) is 0 Å². The number of rotatable bonds is 4. The first kappa shape index (κ1) is 10.2. The van der Waals surface area contributed by atoms with Crippen molar-refractivity contribution in [2.24, 2.45) is 0 Å². The first-order valence-corrected chi connectivity index (χ1v) is 3.92. The Morgan fingerprint density at radius 3 is 1.91 bits per heavy atom. The van der Waals surface area contributed by atoms with Gasteiger partial charge in [-0.05, 0) is 6.26 Å². The Kier molecular flexibility index (Phi) is 3.91. The van der Waals surface area contributed by atoms with Gasteiger partial charge in [0, 0.05) is 0 Å². The molecule has 0 heterocycles.